The van der Waals surface area contributed by atoms with E-state index in [0.717, 1.165) is 0 Å². The third kappa shape index (κ3) is 8.22. The maximum atomic E-state index is 11.6. The Morgan fingerprint density at radius 2 is 1.75 bits per heavy atom. The Labute approximate surface area is 163 Å². The third-order valence-corrected chi connectivity index (χ3v) is 4.25. The largest absolute Gasteiger partial charge is 0.481 e. The number of carboxylic acid groups (broad SMARTS) is 1. The lowest BCUT2D eigenvalue weighted by atomic mass is 9.89. The van der Waals surface area contributed by atoms with Crippen LogP contribution in [0.2, 0.25) is 0 Å². The van der Waals surface area contributed by atoms with Gasteiger partial charge in [0.05, 0.1) is 0 Å². The molecule has 5 atom stereocenters. The van der Waals surface area contributed by atoms with Gasteiger partial charge in [-0.25, -0.2) is 0 Å². The Balaban J connectivity index is 2.89. The number of hydrogen-bond acceptors (Lipinski definition) is 8. The molecule has 1 amide bonds. The molecule has 160 valence electrons. The second-order valence-electron chi connectivity index (χ2n) is 6.73. The van der Waals surface area contributed by atoms with Crippen LogP contribution in [-0.2, 0) is 38.1 Å². The molecule has 1 aliphatic heterocycles. The number of aliphatic carboxylic acids is 1. The van der Waals surface area contributed by atoms with Crippen molar-refractivity contribution in [1.82, 2.24) is 5.32 Å². The van der Waals surface area contributed by atoms with E-state index in [1.165, 1.54) is 20.8 Å². The highest BCUT2D eigenvalue weighted by Crippen LogP contribution is 2.30. The Bertz CT molecular complexity index is 565. The normalized spacial score (nSPS) is 26.9. The number of ether oxygens (including phenoxy) is 4. The molecule has 2 N–H and O–H groups in total. The van der Waals surface area contributed by atoms with Crippen molar-refractivity contribution < 1.29 is 43.2 Å². The number of esters is 2. The van der Waals surface area contributed by atoms with Crippen LogP contribution >= 0.6 is 0 Å². The first-order chi connectivity index (χ1) is 13.1. The summed E-state index contributed by atoms with van der Waals surface area (Å²) in [5.74, 6) is -2.63. The molecule has 0 radical (unpaired) electrons. The number of unbranched alkanes of at least 4 members (excludes halogenated alkanes) is 1. The van der Waals surface area contributed by atoms with Gasteiger partial charge in [-0.1, -0.05) is 6.92 Å². The van der Waals surface area contributed by atoms with E-state index < -0.39 is 42.4 Å². The summed E-state index contributed by atoms with van der Waals surface area (Å²) in [7, 11) is 0. The van der Waals surface area contributed by atoms with Crippen LogP contribution in [0.1, 0.15) is 47.0 Å². The zero-order chi connectivity index (χ0) is 21.3. The minimum absolute atomic E-state index is 0.0200. The van der Waals surface area contributed by atoms with Gasteiger partial charge in [0.1, 0.15) is 24.9 Å². The molecule has 0 aromatic rings. The van der Waals surface area contributed by atoms with Crippen molar-refractivity contribution in [3.8, 4) is 0 Å². The molecule has 0 unspecified atom stereocenters. The Morgan fingerprint density at radius 1 is 1.07 bits per heavy atom. The number of carbonyl (C=O) groups excluding carboxylic acids is 3. The third-order valence-electron chi connectivity index (χ3n) is 4.25. The molecule has 1 fully saturated rings. The fourth-order valence-corrected chi connectivity index (χ4v) is 2.94. The van der Waals surface area contributed by atoms with Gasteiger partial charge in [-0.3, -0.25) is 19.2 Å². The van der Waals surface area contributed by atoms with Crippen molar-refractivity contribution in [1.29, 1.82) is 0 Å². The summed E-state index contributed by atoms with van der Waals surface area (Å²) in [6.07, 6.45) is -1.39. The number of hydrogen-bond donors (Lipinski definition) is 2. The molecule has 1 saturated heterocycles. The maximum absolute atomic E-state index is 11.6. The quantitative estimate of drug-likeness (QED) is 0.397. The molecule has 0 bridgehead atoms. The van der Waals surface area contributed by atoms with Gasteiger partial charge in [-0.05, 0) is 12.8 Å². The summed E-state index contributed by atoms with van der Waals surface area (Å²) >= 11 is 0. The minimum atomic E-state index is -0.949. The van der Waals surface area contributed by atoms with Gasteiger partial charge in [0.15, 0.2) is 6.29 Å². The van der Waals surface area contributed by atoms with Crippen molar-refractivity contribution in [2.45, 2.75) is 71.5 Å². The lowest BCUT2D eigenvalue weighted by molar-refractivity contribution is -0.260. The van der Waals surface area contributed by atoms with E-state index in [1.54, 1.807) is 6.92 Å². The zero-order valence-corrected chi connectivity index (χ0v) is 16.6. The van der Waals surface area contributed by atoms with Crippen LogP contribution in [-0.4, -0.2) is 66.7 Å². The summed E-state index contributed by atoms with van der Waals surface area (Å²) < 4.78 is 22.0. The highest BCUT2D eigenvalue weighted by Gasteiger charge is 2.47. The first-order valence-corrected chi connectivity index (χ1v) is 9.18. The maximum Gasteiger partial charge on any atom is 0.303 e. The number of amides is 1. The SMILES string of the molecule is CC(=O)N[C@H]1[C@H](OCCCCC(=O)O)O[C@H](COC(C)=O)[C@H](C)[C@@H]1OC(C)=O. The van der Waals surface area contributed by atoms with E-state index in [9.17, 15) is 19.2 Å². The molecule has 0 aromatic heterocycles. The van der Waals surface area contributed by atoms with Crippen LogP contribution in [0.5, 0.6) is 0 Å². The van der Waals surface area contributed by atoms with E-state index in [0.29, 0.717) is 12.8 Å². The number of carbonyl (C=O) groups is 4. The molecule has 0 saturated carbocycles. The Morgan fingerprint density at radius 3 is 2.29 bits per heavy atom. The monoisotopic (exact) mass is 403 g/mol. The fourth-order valence-electron chi connectivity index (χ4n) is 2.94. The van der Waals surface area contributed by atoms with Gasteiger partial charge in [0.2, 0.25) is 5.91 Å². The minimum Gasteiger partial charge on any atom is -0.481 e. The summed E-state index contributed by atoms with van der Waals surface area (Å²) in [6.45, 7) is 5.75. The predicted octanol–water partition coefficient (Wildman–Crippen LogP) is 0.618. The molecule has 1 heterocycles. The predicted molar refractivity (Wildman–Crippen MR) is 95.1 cm³/mol. The average molecular weight is 403 g/mol. The van der Waals surface area contributed by atoms with Gasteiger partial charge in [-0.15, -0.1) is 0 Å². The van der Waals surface area contributed by atoms with Crippen molar-refractivity contribution in [3.63, 3.8) is 0 Å². The smallest absolute Gasteiger partial charge is 0.303 e. The summed E-state index contributed by atoms with van der Waals surface area (Å²) in [5.41, 5.74) is 0. The van der Waals surface area contributed by atoms with Crippen molar-refractivity contribution in [3.05, 3.63) is 0 Å². The highest BCUT2D eigenvalue weighted by molar-refractivity contribution is 5.73. The van der Waals surface area contributed by atoms with Gasteiger partial charge in [-0.2, -0.15) is 0 Å². The summed E-state index contributed by atoms with van der Waals surface area (Å²) in [5, 5.41) is 11.4. The molecular formula is C18H29NO9. The van der Waals surface area contributed by atoms with E-state index in [-0.39, 0.29) is 31.5 Å². The lowest BCUT2D eigenvalue weighted by Gasteiger charge is -2.44. The van der Waals surface area contributed by atoms with Crippen LogP contribution in [0.3, 0.4) is 0 Å². The first kappa shape index (κ1) is 23.8. The average Bonchev–Trinajstić information content (AvgIpc) is 2.57. The molecule has 0 spiro atoms. The van der Waals surface area contributed by atoms with Crippen LogP contribution in [0.15, 0.2) is 0 Å². The molecule has 10 heteroatoms. The molecule has 0 aliphatic carbocycles. The molecule has 28 heavy (non-hydrogen) atoms. The molecule has 1 aliphatic rings. The topological polar surface area (TPSA) is 137 Å². The van der Waals surface area contributed by atoms with Gasteiger partial charge >= 0.3 is 17.9 Å². The molecule has 0 aromatic carbocycles. The number of rotatable bonds is 10. The van der Waals surface area contributed by atoms with Gasteiger partial charge in [0.25, 0.3) is 0 Å². The molecular weight excluding hydrogens is 374 g/mol. The molecule has 1 rings (SSSR count). The van der Waals surface area contributed by atoms with Crippen molar-refractivity contribution in [2.24, 2.45) is 5.92 Å². The number of carboxylic acids is 1. The lowest BCUT2D eigenvalue weighted by Crippen LogP contribution is -2.63. The Hall–Kier alpha value is -2.20. The zero-order valence-electron chi connectivity index (χ0n) is 16.6. The summed E-state index contributed by atoms with van der Waals surface area (Å²) in [4.78, 5) is 44.9. The summed E-state index contributed by atoms with van der Waals surface area (Å²) in [6, 6.07) is -0.760. The Kier molecular flexibility index (Phi) is 9.88. The van der Waals surface area contributed by atoms with Gasteiger partial charge < -0.3 is 29.4 Å². The van der Waals surface area contributed by atoms with Crippen molar-refractivity contribution in [2.75, 3.05) is 13.2 Å². The highest BCUT2D eigenvalue weighted by atomic mass is 16.7. The second kappa shape index (κ2) is 11.6. The van der Waals surface area contributed by atoms with Crippen LogP contribution in [0.25, 0.3) is 0 Å². The molecule has 10 nitrogen and oxygen atoms in total. The van der Waals surface area contributed by atoms with Crippen LogP contribution in [0.4, 0.5) is 0 Å². The van der Waals surface area contributed by atoms with Crippen molar-refractivity contribution >= 4 is 23.8 Å². The van der Waals surface area contributed by atoms with E-state index in [4.69, 9.17) is 24.1 Å². The second-order valence-corrected chi connectivity index (χ2v) is 6.73. The standard InChI is InChI=1S/C18H29NO9/c1-10-14(9-26-12(3)21)28-18(25-8-6-5-7-15(23)24)16(19-11(2)20)17(10)27-13(4)22/h10,14,16-18H,5-9H2,1-4H3,(H,19,20)(H,23,24)/t10-,14+,16+,17-,18+/m0/s1. The van der Waals surface area contributed by atoms with Crippen LogP contribution < -0.4 is 5.32 Å². The van der Waals surface area contributed by atoms with Gasteiger partial charge in [0, 0.05) is 39.7 Å². The fraction of sp³-hybridized carbons (Fsp3) is 0.778. The number of nitrogens with one attached hydrogen (secondary N) is 1. The van der Waals surface area contributed by atoms with E-state index in [2.05, 4.69) is 5.32 Å². The first-order valence-electron chi connectivity index (χ1n) is 9.18. The van der Waals surface area contributed by atoms with E-state index >= 15 is 0 Å². The van der Waals surface area contributed by atoms with E-state index in [1.807, 2.05) is 0 Å². The van der Waals surface area contributed by atoms with Crippen LogP contribution in [0, 0.1) is 5.92 Å².